The Labute approximate surface area is 89.2 Å². The topological polar surface area (TPSA) is 35.2 Å². The summed E-state index contributed by atoms with van der Waals surface area (Å²) in [6, 6.07) is 4.79. The van der Waals surface area contributed by atoms with Crippen LogP contribution in [0.5, 0.6) is 5.75 Å². The van der Waals surface area contributed by atoms with Crippen LogP contribution in [0.2, 0.25) is 0 Å². The highest BCUT2D eigenvalue weighted by molar-refractivity contribution is 5.30. The van der Waals surface area contributed by atoms with Gasteiger partial charge < -0.3 is 10.5 Å². The Kier molecular flexibility index (Phi) is 2.91. The third kappa shape index (κ3) is 2.69. The highest BCUT2D eigenvalue weighted by atomic mass is 19.1. The Hall–Kier alpha value is -1.09. The molecule has 0 aliphatic heterocycles. The van der Waals surface area contributed by atoms with E-state index in [9.17, 15) is 4.39 Å². The molecule has 0 amide bonds. The number of halogens is 1. The monoisotopic (exact) mass is 209 g/mol. The van der Waals surface area contributed by atoms with Crippen molar-refractivity contribution in [2.24, 2.45) is 11.7 Å². The first-order chi connectivity index (χ1) is 7.16. The molecule has 2 nitrogen and oxygen atoms in total. The molecule has 1 aliphatic rings. The maximum Gasteiger partial charge on any atom is 0.165 e. The molecule has 0 bridgehead atoms. The lowest BCUT2D eigenvalue weighted by molar-refractivity contribution is 0.285. The van der Waals surface area contributed by atoms with Crippen LogP contribution in [0.15, 0.2) is 18.2 Å². The third-order valence-corrected chi connectivity index (χ3v) is 2.65. The quantitative estimate of drug-likeness (QED) is 0.827. The van der Waals surface area contributed by atoms with Gasteiger partial charge in [0.15, 0.2) is 11.6 Å². The van der Waals surface area contributed by atoms with Crippen LogP contribution in [0, 0.1) is 11.7 Å². The molecule has 0 heterocycles. The summed E-state index contributed by atoms with van der Waals surface area (Å²) in [5.74, 6) is 0.661. The van der Waals surface area contributed by atoms with Crippen LogP contribution in [0.3, 0.4) is 0 Å². The van der Waals surface area contributed by atoms with E-state index in [0.717, 1.165) is 5.56 Å². The van der Waals surface area contributed by atoms with Crippen molar-refractivity contribution in [3.05, 3.63) is 29.6 Å². The molecule has 0 spiro atoms. The van der Waals surface area contributed by atoms with Gasteiger partial charge in [-0.3, -0.25) is 0 Å². The molecule has 82 valence electrons. The molecule has 1 atom stereocenters. The fourth-order valence-corrected chi connectivity index (χ4v) is 1.41. The normalized spacial score (nSPS) is 17.5. The van der Waals surface area contributed by atoms with Crippen LogP contribution < -0.4 is 10.5 Å². The van der Waals surface area contributed by atoms with Gasteiger partial charge in [-0.2, -0.15) is 0 Å². The van der Waals surface area contributed by atoms with E-state index in [2.05, 4.69) is 0 Å². The van der Waals surface area contributed by atoms with Gasteiger partial charge in [0, 0.05) is 6.04 Å². The number of hydrogen-bond donors (Lipinski definition) is 1. The number of benzene rings is 1. The Morgan fingerprint density at radius 2 is 2.27 bits per heavy atom. The molecule has 2 N–H and O–H groups in total. The zero-order chi connectivity index (χ0) is 10.8. The summed E-state index contributed by atoms with van der Waals surface area (Å²) in [5, 5.41) is 0. The molecule has 1 aromatic carbocycles. The second-order valence-corrected chi connectivity index (χ2v) is 4.23. The first-order valence-corrected chi connectivity index (χ1v) is 5.34. The Morgan fingerprint density at radius 1 is 1.53 bits per heavy atom. The molecule has 1 aromatic rings. The summed E-state index contributed by atoms with van der Waals surface area (Å²) >= 11 is 0. The molecule has 0 aromatic heterocycles. The maximum atomic E-state index is 13.5. The maximum absolute atomic E-state index is 13.5. The summed E-state index contributed by atoms with van der Waals surface area (Å²) in [5.41, 5.74) is 6.45. The molecule has 1 fully saturated rings. The lowest BCUT2D eigenvalue weighted by Gasteiger charge is -2.09. The molecule has 1 aliphatic carbocycles. The molecular weight excluding hydrogens is 193 g/mol. The van der Waals surface area contributed by atoms with Gasteiger partial charge in [-0.1, -0.05) is 6.07 Å². The van der Waals surface area contributed by atoms with Crippen molar-refractivity contribution >= 4 is 0 Å². The van der Waals surface area contributed by atoms with Gasteiger partial charge in [0.25, 0.3) is 0 Å². The predicted molar refractivity (Wildman–Crippen MR) is 57.2 cm³/mol. The van der Waals surface area contributed by atoms with Crippen LogP contribution in [0.25, 0.3) is 0 Å². The highest BCUT2D eigenvalue weighted by Crippen LogP contribution is 2.30. The first kappa shape index (κ1) is 10.4. The number of ether oxygens (including phenoxy) is 1. The van der Waals surface area contributed by atoms with E-state index in [0.29, 0.717) is 18.3 Å². The minimum Gasteiger partial charge on any atom is -0.490 e. The van der Waals surface area contributed by atoms with Crippen LogP contribution in [-0.2, 0) is 0 Å². The summed E-state index contributed by atoms with van der Waals surface area (Å²) < 4.78 is 18.9. The third-order valence-electron chi connectivity index (χ3n) is 2.65. The SMILES string of the molecule is CC(N)c1ccc(OCC2CC2)c(F)c1. The van der Waals surface area contributed by atoms with Crippen molar-refractivity contribution in [3.8, 4) is 5.75 Å². The van der Waals surface area contributed by atoms with E-state index in [1.807, 2.05) is 13.0 Å². The van der Waals surface area contributed by atoms with E-state index in [1.165, 1.54) is 18.9 Å². The van der Waals surface area contributed by atoms with Crippen molar-refractivity contribution < 1.29 is 9.13 Å². The lowest BCUT2D eigenvalue weighted by atomic mass is 10.1. The molecule has 2 rings (SSSR count). The zero-order valence-electron chi connectivity index (χ0n) is 8.87. The van der Waals surface area contributed by atoms with Crippen LogP contribution in [0.4, 0.5) is 4.39 Å². The Bertz CT molecular complexity index is 347. The average Bonchev–Trinajstić information content (AvgIpc) is 2.99. The second-order valence-electron chi connectivity index (χ2n) is 4.23. The zero-order valence-corrected chi connectivity index (χ0v) is 8.87. The van der Waals surface area contributed by atoms with Gasteiger partial charge in [0.2, 0.25) is 0 Å². The van der Waals surface area contributed by atoms with E-state index < -0.39 is 0 Å². The first-order valence-electron chi connectivity index (χ1n) is 5.34. The lowest BCUT2D eigenvalue weighted by Crippen LogP contribution is -2.06. The average molecular weight is 209 g/mol. The molecular formula is C12H16FNO. The van der Waals surface area contributed by atoms with Crippen molar-refractivity contribution in [2.75, 3.05) is 6.61 Å². The number of nitrogens with two attached hydrogens (primary N) is 1. The van der Waals surface area contributed by atoms with Gasteiger partial charge in [0.1, 0.15) is 0 Å². The molecule has 15 heavy (non-hydrogen) atoms. The Morgan fingerprint density at radius 3 is 2.80 bits per heavy atom. The van der Waals surface area contributed by atoms with Gasteiger partial charge >= 0.3 is 0 Å². The standard InChI is InChI=1S/C12H16FNO/c1-8(14)10-4-5-12(11(13)6-10)15-7-9-2-3-9/h4-6,8-9H,2-3,7,14H2,1H3. The smallest absolute Gasteiger partial charge is 0.165 e. The van der Waals surface area contributed by atoms with Gasteiger partial charge in [-0.05, 0) is 43.4 Å². The summed E-state index contributed by atoms with van der Waals surface area (Å²) in [6.45, 7) is 2.47. The van der Waals surface area contributed by atoms with Gasteiger partial charge in [-0.25, -0.2) is 4.39 Å². The molecule has 1 saturated carbocycles. The Balaban J connectivity index is 2.04. The van der Waals surface area contributed by atoms with Crippen molar-refractivity contribution in [2.45, 2.75) is 25.8 Å². The molecule has 1 unspecified atom stereocenters. The number of rotatable bonds is 4. The van der Waals surface area contributed by atoms with E-state index in [-0.39, 0.29) is 11.9 Å². The van der Waals surface area contributed by atoms with Crippen LogP contribution >= 0.6 is 0 Å². The van der Waals surface area contributed by atoms with Crippen LogP contribution in [-0.4, -0.2) is 6.61 Å². The predicted octanol–water partition coefficient (Wildman–Crippen LogP) is 2.63. The van der Waals surface area contributed by atoms with E-state index in [4.69, 9.17) is 10.5 Å². The van der Waals surface area contributed by atoms with Crippen molar-refractivity contribution in [1.82, 2.24) is 0 Å². The van der Waals surface area contributed by atoms with E-state index in [1.54, 1.807) is 6.07 Å². The van der Waals surface area contributed by atoms with Crippen LogP contribution in [0.1, 0.15) is 31.4 Å². The minimum absolute atomic E-state index is 0.142. The van der Waals surface area contributed by atoms with E-state index >= 15 is 0 Å². The summed E-state index contributed by atoms with van der Waals surface area (Å²) in [7, 11) is 0. The number of hydrogen-bond acceptors (Lipinski definition) is 2. The summed E-state index contributed by atoms with van der Waals surface area (Å²) in [4.78, 5) is 0. The van der Waals surface area contributed by atoms with Gasteiger partial charge in [-0.15, -0.1) is 0 Å². The highest BCUT2D eigenvalue weighted by Gasteiger charge is 2.22. The largest absolute Gasteiger partial charge is 0.490 e. The fraction of sp³-hybridized carbons (Fsp3) is 0.500. The minimum atomic E-state index is -0.314. The molecule has 0 saturated heterocycles. The molecule has 3 heteroatoms. The summed E-state index contributed by atoms with van der Waals surface area (Å²) in [6.07, 6.45) is 2.42. The fourth-order valence-electron chi connectivity index (χ4n) is 1.41. The van der Waals surface area contributed by atoms with Crippen molar-refractivity contribution in [1.29, 1.82) is 0 Å². The van der Waals surface area contributed by atoms with Crippen molar-refractivity contribution in [3.63, 3.8) is 0 Å². The second kappa shape index (κ2) is 4.19. The van der Waals surface area contributed by atoms with Gasteiger partial charge in [0.05, 0.1) is 6.61 Å². The molecule has 0 radical (unpaired) electrons.